The number of aryl methyl sites for hydroxylation is 2. The van der Waals surface area contributed by atoms with Gasteiger partial charge in [-0.1, -0.05) is 45.7 Å². The van der Waals surface area contributed by atoms with Gasteiger partial charge < -0.3 is 10.2 Å². The second-order valence-electron chi connectivity index (χ2n) is 6.26. The molecule has 0 aromatic heterocycles. The molecule has 25 heavy (non-hydrogen) atoms. The molecule has 0 radical (unpaired) electrons. The molecule has 1 heterocycles. The van der Waals surface area contributed by atoms with E-state index < -0.39 is 5.92 Å². The van der Waals surface area contributed by atoms with Crippen LogP contribution in [-0.4, -0.2) is 18.4 Å². The Morgan fingerprint density at radius 3 is 2.56 bits per heavy atom. The second kappa shape index (κ2) is 7.18. The summed E-state index contributed by atoms with van der Waals surface area (Å²) in [5, 5.41) is 3.29. The van der Waals surface area contributed by atoms with Crippen molar-refractivity contribution in [2.24, 2.45) is 5.92 Å². The van der Waals surface area contributed by atoms with Crippen LogP contribution in [0.25, 0.3) is 0 Å². The number of para-hydroxylation sites is 1. The van der Waals surface area contributed by atoms with E-state index >= 15 is 0 Å². The SMILES string of the molecule is Cc1cccc(C)c1N1C[C@H](C(=O)Nc2ccc(Br)cc2Cl)CC1=O. The van der Waals surface area contributed by atoms with Crippen molar-refractivity contribution in [3.8, 4) is 0 Å². The number of nitrogens with one attached hydrogen (secondary N) is 1. The molecule has 2 aromatic rings. The third kappa shape index (κ3) is 3.72. The second-order valence-corrected chi connectivity index (χ2v) is 7.58. The lowest BCUT2D eigenvalue weighted by Gasteiger charge is -2.21. The van der Waals surface area contributed by atoms with E-state index in [0.29, 0.717) is 17.3 Å². The maximum atomic E-state index is 12.6. The van der Waals surface area contributed by atoms with Crippen molar-refractivity contribution in [2.75, 3.05) is 16.8 Å². The van der Waals surface area contributed by atoms with E-state index in [1.165, 1.54) is 0 Å². The highest BCUT2D eigenvalue weighted by molar-refractivity contribution is 9.10. The van der Waals surface area contributed by atoms with Crippen LogP contribution in [0.3, 0.4) is 0 Å². The van der Waals surface area contributed by atoms with Gasteiger partial charge in [0.1, 0.15) is 0 Å². The Balaban J connectivity index is 1.77. The van der Waals surface area contributed by atoms with Gasteiger partial charge in [-0.3, -0.25) is 9.59 Å². The van der Waals surface area contributed by atoms with E-state index in [1.807, 2.05) is 38.1 Å². The number of hydrogen-bond donors (Lipinski definition) is 1. The molecule has 1 aliphatic rings. The minimum Gasteiger partial charge on any atom is -0.324 e. The summed E-state index contributed by atoms with van der Waals surface area (Å²) >= 11 is 9.49. The summed E-state index contributed by atoms with van der Waals surface area (Å²) < 4.78 is 0.841. The Labute approximate surface area is 160 Å². The van der Waals surface area contributed by atoms with Crippen LogP contribution in [0, 0.1) is 19.8 Å². The number of halogens is 2. The predicted octanol–water partition coefficient (Wildman–Crippen LogP) is 4.71. The fraction of sp³-hybridized carbons (Fsp3) is 0.263. The molecule has 0 saturated carbocycles. The van der Waals surface area contributed by atoms with Crippen molar-refractivity contribution < 1.29 is 9.59 Å². The summed E-state index contributed by atoms with van der Waals surface area (Å²) in [4.78, 5) is 26.8. The lowest BCUT2D eigenvalue weighted by atomic mass is 10.1. The minimum atomic E-state index is -0.397. The van der Waals surface area contributed by atoms with E-state index in [1.54, 1.807) is 17.0 Å². The van der Waals surface area contributed by atoms with Crippen molar-refractivity contribution in [3.05, 3.63) is 57.0 Å². The van der Waals surface area contributed by atoms with Crippen molar-refractivity contribution in [2.45, 2.75) is 20.3 Å². The summed E-state index contributed by atoms with van der Waals surface area (Å²) in [5.41, 5.74) is 3.52. The van der Waals surface area contributed by atoms with Gasteiger partial charge in [0.05, 0.1) is 16.6 Å². The molecule has 1 aliphatic heterocycles. The number of anilines is 2. The number of nitrogens with zero attached hydrogens (tertiary/aromatic N) is 1. The molecular weight excluding hydrogens is 404 g/mol. The highest BCUT2D eigenvalue weighted by Crippen LogP contribution is 2.32. The monoisotopic (exact) mass is 420 g/mol. The number of carbonyl (C=O) groups is 2. The van der Waals surface area contributed by atoms with Crippen LogP contribution in [-0.2, 0) is 9.59 Å². The third-order valence-electron chi connectivity index (χ3n) is 4.39. The molecule has 0 spiro atoms. The minimum absolute atomic E-state index is 0.0283. The number of benzene rings is 2. The Morgan fingerprint density at radius 1 is 1.24 bits per heavy atom. The lowest BCUT2D eigenvalue weighted by Crippen LogP contribution is -2.29. The first-order valence-electron chi connectivity index (χ1n) is 7.99. The molecule has 2 amide bonds. The van der Waals surface area contributed by atoms with Crippen LogP contribution in [0.4, 0.5) is 11.4 Å². The average Bonchev–Trinajstić information content (AvgIpc) is 2.92. The van der Waals surface area contributed by atoms with E-state index in [9.17, 15) is 9.59 Å². The number of amides is 2. The van der Waals surface area contributed by atoms with Gasteiger partial charge in [-0.05, 0) is 43.2 Å². The van der Waals surface area contributed by atoms with Crippen LogP contribution in [0.5, 0.6) is 0 Å². The molecule has 0 bridgehead atoms. The van der Waals surface area contributed by atoms with Crippen LogP contribution in [0.1, 0.15) is 17.5 Å². The Kier molecular flexibility index (Phi) is 5.16. The molecule has 3 rings (SSSR count). The molecule has 1 N–H and O–H groups in total. The average molecular weight is 422 g/mol. The molecule has 130 valence electrons. The first-order valence-corrected chi connectivity index (χ1v) is 9.16. The first-order chi connectivity index (χ1) is 11.9. The largest absolute Gasteiger partial charge is 0.324 e. The van der Waals surface area contributed by atoms with Gasteiger partial charge in [0, 0.05) is 23.1 Å². The smallest absolute Gasteiger partial charge is 0.229 e. The molecular formula is C19H18BrClN2O2. The van der Waals surface area contributed by atoms with Gasteiger partial charge >= 0.3 is 0 Å². The van der Waals surface area contributed by atoms with E-state index in [-0.39, 0.29) is 18.2 Å². The molecule has 0 unspecified atom stereocenters. The maximum Gasteiger partial charge on any atom is 0.229 e. The van der Waals surface area contributed by atoms with E-state index in [4.69, 9.17) is 11.6 Å². The zero-order valence-corrected chi connectivity index (χ0v) is 16.3. The molecule has 1 saturated heterocycles. The molecule has 6 heteroatoms. The van der Waals surface area contributed by atoms with Gasteiger partial charge in [0.15, 0.2) is 0 Å². The fourth-order valence-electron chi connectivity index (χ4n) is 3.16. The molecule has 4 nitrogen and oxygen atoms in total. The molecule has 1 fully saturated rings. The highest BCUT2D eigenvalue weighted by atomic mass is 79.9. The normalized spacial score (nSPS) is 17.0. The quantitative estimate of drug-likeness (QED) is 0.780. The fourth-order valence-corrected chi connectivity index (χ4v) is 3.88. The Morgan fingerprint density at radius 2 is 1.92 bits per heavy atom. The summed E-state index contributed by atoms with van der Waals surface area (Å²) in [5.74, 6) is -0.614. The molecule has 1 atom stereocenters. The van der Waals surface area contributed by atoms with Crippen molar-refractivity contribution >= 4 is 50.7 Å². The number of carbonyl (C=O) groups excluding carboxylic acids is 2. The Bertz CT molecular complexity index is 833. The van der Waals surface area contributed by atoms with Crippen molar-refractivity contribution in [1.29, 1.82) is 0 Å². The lowest BCUT2D eigenvalue weighted by molar-refractivity contribution is -0.122. The third-order valence-corrected chi connectivity index (χ3v) is 5.20. The van der Waals surface area contributed by atoms with Gasteiger partial charge in [0.25, 0.3) is 0 Å². The summed E-state index contributed by atoms with van der Waals surface area (Å²) in [6, 6.07) is 11.2. The zero-order chi connectivity index (χ0) is 18.1. The number of rotatable bonds is 3. The van der Waals surface area contributed by atoms with Crippen LogP contribution < -0.4 is 10.2 Å². The van der Waals surface area contributed by atoms with Gasteiger partial charge in [-0.2, -0.15) is 0 Å². The van der Waals surface area contributed by atoms with Crippen LogP contribution in [0.2, 0.25) is 5.02 Å². The van der Waals surface area contributed by atoms with Crippen LogP contribution >= 0.6 is 27.5 Å². The summed E-state index contributed by atoms with van der Waals surface area (Å²) in [7, 11) is 0. The van der Waals surface area contributed by atoms with Crippen LogP contribution in [0.15, 0.2) is 40.9 Å². The van der Waals surface area contributed by atoms with E-state index in [0.717, 1.165) is 21.3 Å². The Hall–Kier alpha value is -1.85. The highest BCUT2D eigenvalue weighted by Gasteiger charge is 2.36. The molecule has 0 aliphatic carbocycles. The van der Waals surface area contributed by atoms with Gasteiger partial charge in [-0.15, -0.1) is 0 Å². The van der Waals surface area contributed by atoms with Gasteiger partial charge in [-0.25, -0.2) is 0 Å². The maximum absolute atomic E-state index is 12.6. The van der Waals surface area contributed by atoms with Crippen molar-refractivity contribution in [3.63, 3.8) is 0 Å². The standard InChI is InChI=1S/C19H18BrClN2O2/c1-11-4-3-5-12(2)18(11)23-10-13(8-17(23)24)19(25)22-16-7-6-14(20)9-15(16)21/h3-7,9,13H,8,10H2,1-2H3,(H,22,25)/t13-/m1/s1. The summed E-state index contributed by atoms with van der Waals surface area (Å²) in [6.45, 7) is 4.33. The van der Waals surface area contributed by atoms with Gasteiger partial charge in [0.2, 0.25) is 11.8 Å². The number of hydrogen-bond acceptors (Lipinski definition) is 2. The summed E-state index contributed by atoms with van der Waals surface area (Å²) in [6.07, 6.45) is 0.202. The van der Waals surface area contributed by atoms with E-state index in [2.05, 4.69) is 21.2 Å². The predicted molar refractivity (Wildman–Crippen MR) is 104 cm³/mol. The topological polar surface area (TPSA) is 49.4 Å². The zero-order valence-electron chi connectivity index (χ0n) is 14.0. The molecule has 2 aromatic carbocycles. The first kappa shape index (κ1) is 18.0. The van der Waals surface area contributed by atoms with Crippen molar-refractivity contribution in [1.82, 2.24) is 0 Å².